The van der Waals surface area contributed by atoms with Gasteiger partial charge in [-0.25, -0.2) is 0 Å². The minimum Gasteiger partial charge on any atom is -0.497 e. The van der Waals surface area contributed by atoms with E-state index in [1.54, 1.807) is 7.11 Å². The molecule has 1 rings (SSSR count). The Bertz CT molecular complexity index is 281. The Morgan fingerprint density at radius 2 is 2.08 bits per heavy atom. The van der Waals surface area contributed by atoms with Gasteiger partial charge < -0.3 is 9.84 Å². The number of rotatable bonds is 3. The maximum Gasteiger partial charge on any atom is 0.119 e. The van der Waals surface area contributed by atoms with E-state index < -0.39 is 0 Å². The van der Waals surface area contributed by atoms with Crippen LogP contribution in [0.3, 0.4) is 0 Å². The van der Waals surface area contributed by atoms with Crippen LogP contribution in [0.15, 0.2) is 18.2 Å². The van der Waals surface area contributed by atoms with E-state index >= 15 is 0 Å². The molecule has 72 valence electrons. The molecule has 1 aromatic rings. The highest BCUT2D eigenvalue weighted by Gasteiger charge is 2.05. The fraction of sp³-hybridized carbons (Fsp3) is 0.455. The highest BCUT2D eigenvalue weighted by molar-refractivity contribution is 5.35. The molecule has 0 saturated heterocycles. The molecule has 0 aromatic heterocycles. The second-order valence-electron chi connectivity index (χ2n) is 3.37. The maximum atomic E-state index is 9.00. The zero-order valence-corrected chi connectivity index (χ0v) is 8.37. The lowest BCUT2D eigenvalue weighted by Crippen LogP contribution is -1.99. The van der Waals surface area contributed by atoms with Crippen molar-refractivity contribution in [3.63, 3.8) is 0 Å². The van der Waals surface area contributed by atoms with E-state index in [4.69, 9.17) is 9.84 Å². The third-order valence-corrected chi connectivity index (χ3v) is 2.15. The largest absolute Gasteiger partial charge is 0.497 e. The second-order valence-corrected chi connectivity index (χ2v) is 3.37. The highest BCUT2D eigenvalue weighted by atomic mass is 16.5. The first kappa shape index (κ1) is 10.1. The van der Waals surface area contributed by atoms with Crippen LogP contribution in [-0.4, -0.2) is 18.8 Å². The summed E-state index contributed by atoms with van der Waals surface area (Å²) in [4.78, 5) is 0. The minimum absolute atomic E-state index is 0.173. The molecule has 0 amide bonds. The Kier molecular flexibility index (Phi) is 3.32. The van der Waals surface area contributed by atoms with E-state index in [2.05, 4.69) is 6.07 Å². The molecule has 1 unspecified atom stereocenters. The van der Waals surface area contributed by atoms with Crippen LogP contribution in [0, 0.1) is 6.92 Å². The van der Waals surface area contributed by atoms with Crippen molar-refractivity contribution in [1.29, 1.82) is 0 Å². The van der Waals surface area contributed by atoms with Crippen molar-refractivity contribution in [3.8, 4) is 5.75 Å². The van der Waals surface area contributed by atoms with Crippen molar-refractivity contribution in [1.82, 2.24) is 0 Å². The lowest BCUT2D eigenvalue weighted by atomic mass is 10.00. The number of hydrogen-bond acceptors (Lipinski definition) is 2. The number of ether oxygens (including phenoxy) is 1. The van der Waals surface area contributed by atoms with Crippen LogP contribution in [0.4, 0.5) is 0 Å². The lowest BCUT2D eigenvalue weighted by molar-refractivity contribution is 0.273. The van der Waals surface area contributed by atoms with Crippen molar-refractivity contribution < 1.29 is 9.84 Å². The summed E-state index contributed by atoms with van der Waals surface area (Å²) in [6.45, 7) is 4.19. The van der Waals surface area contributed by atoms with Crippen LogP contribution >= 0.6 is 0 Å². The summed E-state index contributed by atoms with van der Waals surface area (Å²) < 4.78 is 5.15. The third-order valence-electron chi connectivity index (χ3n) is 2.15. The third kappa shape index (κ3) is 2.46. The molecule has 0 fully saturated rings. The molecule has 13 heavy (non-hydrogen) atoms. The summed E-state index contributed by atoms with van der Waals surface area (Å²) in [5.41, 5.74) is 2.29. The van der Waals surface area contributed by atoms with E-state index in [-0.39, 0.29) is 12.5 Å². The molecule has 2 nitrogen and oxygen atoms in total. The van der Waals surface area contributed by atoms with Gasteiger partial charge in [-0.1, -0.05) is 13.0 Å². The SMILES string of the molecule is COc1cc(C)cc(C(C)CO)c1. The second kappa shape index (κ2) is 4.28. The molecule has 1 aromatic carbocycles. The lowest BCUT2D eigenvalue weighted by Gasteiger charge is -2.11. The molecule has 2 heteroatoms. The monoisotopic (exact) mass is 180 g/mol. The number of aliphatic hydroxyl groups is 1. The molecule has 0 aliphatic rings. The van der Waals surface area contributed by atoms with Gasteiger partial charge in [-0.15, -0.1) is 0 Å². The Balaban J connectivity index is 3.01. The van der Waals surface area contributed by atoms with Crippen LogP contribution in [0.5, 0.6) is 5.75 Å². The van der Waals surface area contributed by atoms with Crippen molar-refractivity contribution in [2.75, 3.05) is 13.7 Å². The Hall–Kier alpha value is -1.02. The first-order valence-corrected chi connectivity index (χ1v) is 4.43. The summed E-state index contributed by atoms with van der Waals surface area (Å²) >= 11 is 0. The molecule has 0 aliphatic carbocycles. The Morgan fingerprint density at radius 1 is 1.38 bits per heavy atom. The predicted octanol–water partition coefficient (Wildman–Crippen LogP) is 2.10. The maximum absolute atomic E-state index is 9.00. The van der Waals surface area contributed by atoms with E-state index in [1.807, 2.05) is 26.0 Å². The summed E-state index contributed by atoms with van der Waals surface area (Å²) in [6, 6.07) is 6.02. The average Bonchev–Trinajstić information content (AvgIpc) is 2.15. The Labute approximate surface area is 79.2 Å². The first-order valence-electron chi connectivity index (χ1n) is 4.43. The molecule has 1 atom stereocenters. The van der Waals surface area contributed by atoms with E-state index in [0.29, 0.717) is 0 Å². The van der Waals surface area contributed by atoms with Gasteiger partial charge in [0.25, 0.3) is 0 Å². The summed E-state index contributed by atoms with van der Waals surface area (Å²) in [5, 5.41) is 9.00. The fourth-order valence-electron chi connectivity index (χ4n) is 1.28. The smallest absolute Gasteiger partial charge is 0.119 e. The molecular formula is C11H16O2. The van der Waals surface area contributed by atoms with Gasteiger partial charge in [-0.2, -0.15) is 0 Å². The first-order chi connectivity index (χ1) is 6.17. The number of aliphatic hydroxyl groups excluding tert-OH is 1. The van der Waals surface area contributed by atoms with Crippen LogP contribution in [0.25, 0.3) is 0 Å². The number of benzene rings is 1. The van der Waals surface area contributed by atoms with Crippen LogP contribution < -0.4 is 4.74 Å². The van der Waals surface area contributed by atoms with Crippen molar-refractivity contribution >= 4 is 0 Å². The van der Waals surface area contributed by atoms with E-state index in [0.717, 1.165) is 16.9 Å². The molecule has 0 radical (unpaired) electrons. The molecule has 0 bridgehead atoms. The molecule has 0 aliphatic heterocycles. The quantitative estimate of drug-likeness (QED) is 0.771. The minimum atomic E-state index is 0.173. The van der Waals surface area contributed by atoms with Crippen LogP contribution in [0.1, 0.15) is 24.0 Å². The van der Waals surface area contributed by atoms with Crippen molar-refractivity contribution in [2.45, 2.75) is 19.8 Å². The average molecular weight is 180 g/mol. The summed E-state index contributed by atoms with van der Waals surface area (Å²) in [5.74, 6) is 1.03. The van der Waals surface area contributed by atoms with Gasteiger partial charge in [0, 0.05) is 12.5 Å². The number of hydrogen-bond donors (Lipinski definition) is 1. The standard InChI is InChI=1S/C11H16O2/c1-8-4-10(9(2)7-12)6-11(5-8)13-3/h4-6,9,12H,7H2,1-3H3. The zero-order valence-electron chi connectivity index (χ0n) is 8.37. The van der Waals surface area contributed by atoms with Gasteiger partial charge in [-0.05, 0) is 30.2 Å². The normalized spacial score (nSPS) is 12.6. The molecule has 0 heterocycles. The molecule has 1 N–H and O–H groups in total. The summed E-state index contributed by atoms with van der Waals surface area (Å²) in [6.07, 6.45) is 0. The van der Waals surface area contributed by atoms with Gasteiger partial charge in [0.05, 0.1) is 7.11 Å². The van der Waals surface area contributed by atoms with Gasteiger partial charge in [0.1, 0.15) is 5.75 Å². The van der Waals surface area contributed by atoms with Crippen LogP contribution in [0.2, 0.25) is 0 Å². The van der Waals surface area contributed by atoms with Gasteiger partial charge in [0.15, 0.2) is 0 Å². The number of aryl methyl sites for hydroxylation is 1. The van der Waals surface area contributed by atoms with E-state index in [1.165, 1.54) is 0 Å². The van der Waals surface area contributed by atoms with Crippen molar-refractivity contribution in [2.24, 2.45) is 0 Å². The molecule has 0 spiro atoms. The number of methoxy groups -OCH3 is 1. The van der Waals surface area contributed by atoms with Gasteiger partial charge in [-0.3, -0.25) is 0 Å². The predicted molar refractivity (Wildman–Crippen MR) is 53.2 cm³/mol. The topological polar surface area (TPSA) is 29.5 Å². The van der Waals surface area contributed by atoms with E-state index in [9.17, 15) is 0 Å². The Morgan fingerprint density at radius 3 is 2.62 bits per heavy atom. The highest BCUT2D eigenvalue weighted by Crippen LogP contribution is 2.22. The van der Waals surface area contributed by atoms with Crippen molar-refractivity contribution in [3.05, 3.63) is 29.3 Å². The van der Waals surface area contributed by atoms with Crippen LogP contribution in [-0.2, 0) is 0 Å². The molecular weight excluding hydrogens is 164 g/mol. The zero-order chi connectivity index (χ0) is 9.84. The molecule has 0 saturated carbocycles. The van der Waals surface area contributed by atoms with Gasteiger partial charge >= 0.3 is 0 Å². The van der Waals surface area contributed by atoms with Gasteiger partial charge in [0.2, 0.25) is 0 Å². The summed E-state index contributed by atoms with van der Waals surface area (Å²) in [7, 11) is 1.65. The fourth-order valence-corrected chi connectivity index (χ4v) is 1.28.